The zero-order valence-electron chi connectivity index (χ0n) is 16.3. The third-order valence-electron chi connectivity index (χ3n) is 5.46. The minimum atomic E-state index is -0.762. The van der Waals surface area contributed by atoms with Crippen LogP contribution in [0.25, 0.3) is 0 Å². The number of carboxylic acid groups (broad SMARTS) is 1. The second-order valence-corrected chi connectivity index (χ2v) is 7.89. The van der Waals surface area contributed by atoms with Crippen molar-refractivity contribution in [2.24, 2.45) is 5.92 Å². The summed E-state index contributed by atoms with van der Waals surface area (Å²) in [6.45, 7) is 3.82. The Morgan fingerprint density at radius 3 is 2.59 bits per heavy atom. The van der Waals surface area contributed by atoms with Crippen LogP contribution in [0.4, 0.5) is 0 Å². The number of benzene rings is 1. The van der Waals surface area contributed by atoms with Gasteiger partial charge in [0.15, 0.2) is 0 Å². The van der Waals surface area contributed by atoms with Gasteiger partial charge in [0.05, 0.1) is 13.0 Å². The third-order valence-corrected chi connectivity index (χ3v) is 5.46. The molecule has 0 bridgehead atoms. The van der Waals surface area contributed by atoms with Crippen molar-refractivity contribution in [2.45, 2.75) is 65.0 Å². The molecule has 1 aliphatic carbocycles. The normalized spacial score (nSPS) is 15.3. The number of rotatable bonds is 9. The highest BCUT2D eigenvalue weighted by atomic mass is 16.4. The van der Waals surface area contributed by atoms with E-state index in [4.69, 9.17) is 9.52 Å². The minimum Gasteiger partial charge on any atom is -0.481 e. The second kappa shape index (κ2) is 9.75. The molecule has 1 N–H and O–H groups in total. The van der Waals surface area contributed by atoms with Crippen LogP contribution in [0.2, 0.25) is 0 Å². The molecular weight excluding hydrogens is 338 g/mol. The fourth-order valence-electron chi connectivity index (χ4n) is 4.10. The Bertz CT molecular complexity index is 731. The van der Waals surface area contributed by atoms with Crippen LogP contribution in [0.15, 0.2) is 40.8 Å². The molecular formula is C23H31NO3. The summed E-state index contributed by atoms with van der Waals surface area (Å²) in [5, 5.41) is 9.07. The largest absolute Gasteiger partial charge is 0.481 e. The molecule has 0 amide bonds. The van der Waals surface area contributed by atoms with Gasteiger partial charge in [-0.15, -0.1) is 0 Å². The van der Waals surface area contributed by atoms with E-state index in [-0.39, 0.29) is 6.42 Å². The van der Waals surface area contributed by atoms with E-state index in [0.29, 0.717) is 13.1 Å². The number of furan rings is 1. The molecule has 1 aromatic carbocycles. The van der Waals surface area contributed by atoms with Gasteiger partial charge in [-0.25, -0.2) is 0 Å². The Labute approximate surface area is 162 Å². The molecule has 0 spiro atoms. The molecule has 4 nitrogen and oxygen atoms in total. The molecule has 1 aromatic heterocycles. The summed E-state index contributed by atoms with van der Waals surface area (Å²) >= 11 is 0. The van der Waals surface area contributed by atoms with E-state index < -0.39 is 5.97 Å². The average Bonchev–Trinajstić information content (AvgIpc) is 3.06. The van der Waals surface area contributed by atoms with Crippen molar-refractivity contribution in [3.63, 3.8) is 0 Å². The van der Waals surface area contributed by atoms with Crippen LogP contribution < -0.4 is 0 Å². The molecule has 1 saturated carbocycles. The maximum Gasteiger partial charge on any atom is 0.304 e. The number of nitrogens with zero attached hydrogens (tertiary/aromatic N) is 1. The first kappa shape index (κ1) is 19.7. The lowest BCUT2D eigenvalue weighted by molar-refractivity contribution is -0.137. The molecule has 2 aromatic rings. The van der Waals surface area contributed by atoms with Crippen LogP contribution in [-0.4, -0.2) is 22.5 Å². The summed E-state index contributed by atoms with van der Waals surface area (Å²) in [5.41, 5.74) is 2.66. The van der Waals surface area contributed by atoms with E-state index in [1.165, 1.54) is 49.7 Å². The molecule has 0 radical (unpaired) electrons. The van der Waals surface area contributed by atoms with Crippen molar-refractivity contribution in [1.82, 2.24) is 4.90 Å². The fourth-order valence-corrected chi connectivity index (χ4v) is 4.10. The van der Waals surface area contributed by atoms with Gasteiger partial charge in [-0.1, -0.05) is 56.4 Å². The monoisotopic (exact) mass is 369 g/mol. The van der Waals surface area contributed by atoms with Gasteiger partial charge in [-0.3, -0.25) is 9.69 Å². The maximum atomic E-state index is 11.0. The van der Waals surface area contributed by atoms with E-state index in [0.717, 1.165) is 24.0 Å². The molecule has 3 rings (SSSR count). The molecule has 0 saturated heterocycles. The van der Waals surface area contributed by atoms with Gasteiger partial charge in [0.1, 0.15) is 11.5 Å². The van der Waals surface area contributed by atoms with Gasteiger partial charge in [-0.05, 0) is 42.5 Å². The Morgan fingerprint density at radius 2 is 1.89 bits per heavy atom. The highest BCUT2D eigenvalue weighted by molar-refractivity contribution is 5.66. The standard InChI is InChI=1S/C23H31NO3/c1-18-10-11-22(27-18)17-24(13-12-23(25)26)16-21-9-5-8-20(15-21)14-19-6-3-2-4-7-19/h5,8-11,15,19H,2-4,6-7,12-14,16-17H2,1H3,(H,25,26). The third kappa shape index (κ3) is 6.55. The molecule has 0 unspecified atom stereocenters. The van der Waals surface area contributed by atoms with E-state index in [1.807, 2.05) is 19.1 Å². The Hall–Kier alpha value is -2.07. The van der Waals surface area contributed by atoms with Crippen molar-refractivity contribution in [3.05, 3.63) is 59.0 Å². The summed E-state index contributed by atoms with van der Waals surface area (Å²) < 4.78 is 5.69. The lowest BCUT2D eigenvalue weighted by Gasteiger charge is -2.23. The maximum absolute atomic E-state index is 11.0. The number of hydrogen-bond acceptors (Lipinski definition) is 3. The summed E-state index contributed by atoms with van der Waals surface area (Å²) in [6, 6.07) is 12.7. The molecule has 1 fully saturated rings. The number of aliphatic carboxylic acids is 1. The van der Waals surface area contributed by atoms with Gasteiger partial charge in [0.2, 0.25) is 0 Å². The predicted molar refractivity (Wildman–Crippen MR) is 107 cm³/mol. The zero-order chi connectivity index (χ0) is 19.1. The lowest BCUT2D eigenvalue weighted by Crippen LogP contribution is -2.25. The van der Waals surface area contributed by atoms with Crippen molar-refractivity contribution >= 4 is 5.97 Å². The summed E-state index contributed by atoms with van der Waals surface area (Å²) in [4.78, 5) is 13.2. The summed E-state index contributed by atoms with van der Waals surface area (Å²) in [6.07, 6.45) is 8.15. The Balaban J connectivity index is 1.64. The average molecular weight is 370 g/mol. The topological polar surface area (TPSA) is 53.7 Å². The van der Waals surface area contributed by atoms with E-state index in [1.54, 1.807) is 0 Å². The Morgan fingerprint density at radius 1 is 1.11 bits per heavy atom. The number of aryl methyl sites for hydroxylation is 1. The van der Waals surface area contributed by atoms with E-state index in [2.05, 4.69) is 29.2 Å². The zero-order valence-corrected chi connectivity index (χ0v) is 16.3. The highest BCUT2D eigenvalue weighted by Gasteiger charge is 2.15. The first-order valence-electron chi connectivity index (χ1n) is 10.2. The first-order chi connectivity index (χ1) is 13.1. The predicted octanol–water partition coefficient (Wildman–Crippen LogP) is 5.19. The van der Waals surface area contributed by atoms with Gasteiger partial charge >= 0.3 is 5.97 Å². The van der Waals surface area contributed by atoms with Crippen molar-refractivity contribution < 1.29 is 14.3 Å². The van der Waals surface area contributed by atoms with Gasteiger partial charge in [0.25, 0.3) is 0 Å². The molecule has 1 heterocycles. The van der Waals surface area contributed by atoms with Crippen LogP contribution >= 0.6 is 0 Å². The highest BCUT2D eigenvalue weighted by Crippen LogP contribution is 2.27. The van der Waals surface area contributed by atoms with Crippen LogP contribution in [0, 0.1) is 12.8 Å². The van der Waals surface area contributed by atoms with Gasteiger partial charge < -0.3 is 9.52 Å². The van der Waals surface area contributed by atoms with Crippen LogP contribution in [0.1, 0.15) is 61.2 Å². The Kier molecular flexibility index (Phi) is 7.11. The molecule has 4 heteroatoms. The number of carboxylic acids is 1. The molecule has 1 aliphatic rings. The van der Waals surface area contributed by atoms with Crippen molar-refractivity contribution in [2.75, 3.05) is 6.54 Å². The molecule has 27 heavy (non-hydrogen) atoms. The van der Waals surface area contributed by atoms with Crippen LogP contribution in [0.5, 0.6) is 0 Å². The first-order valence-corrected chi connectivity index (χ1v) is 10.2. The lowest BCUT2D eigenvalue weighted by atomic mass is 9.84. The number of carbonyl (C=O) groups is 1. The number of hydrogen-bond donors (Lipinski definition) is 1. The van der Waals surface area contributed by atoms with E-state index in [9.17, 15) is 4.79 Å². The van der Waals surface area contributed by atoms with Crippen molar-refractivity contribution in [3.8, 4) is 0 Å². The van der Waals surface area contributed by atoms with E-state index >= 15 is 0 Å². The quantitative estimate of drug-likeness (QED) is 0.661. The summed E-state index contributed by atoms with van der Waals surface area (Å²) in [7, 11) is 0. The van der Waals surface area contributed by atoms with Crippen LogP contribution in [-0.2, 0) is 24.3 Å². The molecule has 146 valence electrons. The van der Waals surface area contributed by atoms with Gasteiger partial charge in [0, 0.05) is 13.1 Å². The van der Waals surface area contributed by atoms with Gasteiger partial charge in [-0.2, -0.15) is 0 Å². The smallest absolute Gasteiger partial charge is 0.304 e. The summed E-state index contributed by atoms with van der Waals surface area (Å²) in [5.74, 6) is 1.83. The fraction of sp³-hybridized carbons (Fsp3) is 0.522. The second-order valence-electron chi connectivity index (χ2n) is 7.89. The van der Waals surface area contributed by atoms with Crippen molar-refractivity contribution in [1.29, 1.82) is 0 Å². The minimum absolute atomic E-state index is 0.140. The molecule has 0 atom stereocenters. The molecule has 0 aliphatic heterocycles. The SMILES string of the molecule is Cc1ccc(CN(CCC(=O)O)Cc2cccc(CC3CCCCC3)c2)o1. The van der Waals surface area contributed by atoms with Crippen LogP contribution in [0.3, 0.4) is 0 Å².